The molecule has 0 radical (unpaired) electrons. The fourth-order valence-corrected chi connectivity index (χ4v) is 4.06. The lowest BCUT2D eigenvalue weighted by Crippen LogP contribution is -2.49. The van der Waals surface area contributed by atoms with E-state index in [1.807, 2.05) is 0 Å². The van der Waals surface area contributed by atoms with Gasteiger partial charge in [0.15, 0.2) is 11.5 Å². The first kappa shape index (κ1) is 22.3. The molecular formula is C22H26N2O7. The largest absolute Gasteiger partial charge is 0.493 e. The number of amides is 3. The first-order valence-corrected chi connectivity index (χ1v) is 10.1. The van der Waals surface area contributed by atoms with Crippen LogP contribution in [-0.4, -0.2) is 67.0 Å². The molecule has 0 bridgehead atoms. The summed E-state index contributed by atoms with van der Waals surface area (Å²) in [5.41, 5.74) is -0.214. The van der Waals surface area contributed by atoms with Gasteiger partial charge in [-0.3, -0.25) is 9.69 Å². The van der Waals surface area contributed by atoms with Gasteiger partial charge in [-0.25, -0.2) is 14.4 Å². The lowest BCUT2D eigenvalue weighted by Gasteiger charge is -2.35. The number of ether oxygens (including phenoxy) is 3. The molecule has 2 aliphatic rings. The molecule has 0 unspecified atom stereocenters. The topological polar surface area (TPSA) is 102 Å². The lowest BCUT2D eigenvalue weighted by molar-refractivity contribution is -0.142. The normalized spacial score (nSPS) is 18.0. The Hall–Kier alpha value is -3.36. The summed E-state index contributed by atoms with van der Waals surface area (Å²) in [4.78, 5) is 51.8. The van der Waals surface area contributed by atoms with Crippen molar-refractivity contribution < 1.29 is 33.4 Å². The number of likely N-dealkylation sites (N-methyl/N-ethyl adjacent to an activating group) is 1. The third kappa shape index (κ3) is 4.40. The van der Waals surface area contributed by atoms with E-state index >= 15 is 0 Å². The van der Waals surface area contributed by atoms with Crippen LogP contribution in [0.15, 0.2) is 24.3 Å². The third-order valence-electron chi connectivity index (χ3n) is 5.80. The number of imide groups is 1. The van der Waals surface area contributed by atoms with Crippen molar-refractivity contribution in [2.75, 3.05) is 27.8 Å². The molecule has 1 aromatic rings. The van der Waals surface area contributed by atoms with E-state index in [4.69, 9.17) is 9.47 Å². The summed E-state index contributed by atoms with van der Waals surface area (Å²) in [5.74, 6) is -1.19. The molecule has 1 aliphatic carbocycles. The van der Waals surface area contributed by atoms with E-state index in [9.17, 15) is 19.2 Å². The van der Waals surface area contributed by atoms with E-state index in [1.165, 1.54) is 37.3 Å². The first-order chi connectivity index (χ1) is 14.8. The van der Waals surface area contributed by atoms with Gasteiger partial charge < -0.3 is 19.1 Å². The van der Waals surface area contributed by atoms with Crippen LogP contribution in [0.1, 0.15) is 37.7 Å². The zero-order valence-electron chi connectivity index (χ0n) is 17.9. The summed E-state index contributed by atoms with van der Waals surface area (Å²) in [5, 5.41) is 0. The Morgan fingerprint density at radius 3 is 2.45 bits per heavy atom. The highest BCUT2D eigenvalue weighted by Crippen LogP contribution is 2.39. The average Bonchev–Trinajstić information content (AvgIpc) is 2.94. The maximum absolute atomic E-state index is 13.0. The Morgan fingerprint density at radius 2 is 1.81 bits per heavy atom. The Bertz CT molecular complexity index is 918. The van der Waals surface area contributed by atoms with Gasteiger partial charge in [-0.2, -0.15) is 0 Å². The minimum atomic E-state index is -0.846. The number of hydrogen-bond acceptors (Lipinski definition) is 7. The van der Waals surface area contributed by atoms with Gasteiger partial charge in [0.2, 0.25) is 0 Å². The zero-order valence-corrected chi connectivity index (χ0v) is 17.9. The van der Waals surface area contributed by atoms with E-state index in [2.05, 4.69) is 4.74 Å². The Labute approximate surface area is 180 Å². The second kappa shape index (κ2) is 9.20. The Kier molecular flexibility index (Phi) is 6.62. The highest BCUT2D eigenvalue weighted by Gasteiger charge is 2.56. The molecule has 0 atom stereocenters. The number of nitrogens with zero attached hydrogens (tertiary/aromatic N) is 2. The molecule has 166 valence electrons. The molecule has 3 amide bonds. The van der Waals surface area contributed by atoms with Crippen LogP contribution < -0.4 is 9.47 Å². The molecule has 1 saturated heterocycles. The summed E-state index contributed by atoms with van der Waals surface area (Å²) in [7, 11) is 4.30. The van der Waals surface area contributed by atoms with Gasteiger partial charge >= 0.3 is 18.0 Å². The summed E-state index contributed by atoms with van der Waals surface area (Å²) >= 11 is 0. The number of rotatable bonds is 6. The van der Waals surface area contributed by atoms with Crippen LogP contribution in [0.4, 0.5) is 4.79 Å². The fourth-order valence-electron chi connectivity index (χ4n) is 4.06. The molecule has 1 heterocycles. The number of benzene rings is 1. The highest BCUT2D eigenvalue weighted by molar-refractivity contribution is 6.08. The van der Waals surface area contributed by atoms with Crippen LogP contribution in [0.25, 0.3) is 6.08 Å². The van der Waals surface area contributed by atoms with Gasteiger partial charge in [-0.15, -0.1) is 0 Å². The van der Waals surface area contributed by atoms with E-state index in [-0.39, 0.29) is 17.4 Å². The van der Waals surface area contributed by atoms with Gasteiger partial charge in [-0.1, -0.05) is 25.3 Å². The number of carbonyl (C=O) groups excluding carboxylic acids is 4. The van der Waals surface area contributed by atoms with Crippen LogP contribution >= 0.6 is 0 Å². The van der Waals surface area contributed by atoms with Crippen molar-refractivity contribution in [1.29, 1.82) is 0 Å². The second-order valence-corrected chi connectivity index (χ2v) is 7.57. The maximum Gasteiger partial charge on any atom is 0.331 e. The minimum Gasteiger partial charge on any atom is -0.493 e. The van der Waals surface area contributed by atoms with Crippen molar-refractivity contribution in [3.63, 3.8) is 0 Å². The molecule has 1 aliphatic heterocycles. The second-order valence-electron chi connectivity index (χ2n) is 7.57. The molecule has 2 fully saturated rings. The van der Waals surface area contributed by atoms with Crippen molar-refractivity contribution in [3.05, 3.63) is 29.8 Å². The number of methoxy groups -OCH3 is 2. The molecule has 0 N–H and O–H groups in total. The predicted molar refractivity (Wildman–Crippen MR) is 110 cm³/mol. The quantitative estimate of drug-likeness (QED) is 0.295. The van der Waals surface area contributed by atoms with Gasteiger partial charge in [0, 0.05) is 13.1 Å². The Morgan fingerprint density at radius 1 is 1.10 bits per heavy atom. The van der Waals surface area contributed by atoms with E-state index in [1.54, 1.807) is 19.2 Å². The minimum absolute atomic E-state index is 0.141. The van der Waals surface area contributed by atoms with Crippen molar-refractivity contribution in [2.24, 2.45) is 0 Å². The number of hydrogen-bond donors (Lipinski definition) is 0. The monoisotopic (exact) mass is 430 g/mol. The van der Waals surface area contributed by atoms with Crippen molar-refractivity contribution in [3.8, 4) is 11.5 Å². The molecule has 1 spiro atoms. The van der Waals surface area contributed by atoms with Gasteiger partial charge in [-0.05, 0) is 36.6 Å². The van der Waals surface area contributed by atoms with Crippen LogP contribution in [0.2, 0.25) is 0 Å². The molecule has 9 nitrogen and oxygen atoms in total. The molecule has 1 saturated carbocycles. The van der Waals surface area contributed by atoms with Crippen molar-refractivity contribution in [2.45, 2.75) is 37.6 Å². The molecule has 31 heavy (non-hydrogen) atoms. The SMILES string of the molecule is COC(=O)/C=C/c1ccc(OC(=O)CN2C(=O)N(C)C3(CCCCC3)C2=O)c(OC)c1. The van der Waals surface area contributed by atoms with Crippen molar-refractivity contribution >= 4 is 30.0 Å². The van der Waals surface area contributed by atoms with E-state index in [0.717, 1.165) is 24.2 Å². The number of esters is 2. The van der Waals surface area contributed by atoms with Gasteiger partial charge in [0.25, 0.3) is 5.91 Å². The smallest absolute Gasteiger partial charge is 0.331 e. The summed E-state index contributed by atoms with van der Waals surface area (Å²) in [6.07, 6.45) is 6.76. The summed E-state index contributed by atoms with van der Waals surface area (Å²) in [6, 6.07) is 4.23. The standard InChI is InChI=1S/C22H26N2O7/c1-23-21(28)24(20(27)22(23)11-5-4-6-12-22)14-19(26)31-16-9-7-15(13-17(16)29-2)8-10-18(25)30-3/h7-10,13H,4-6,11-12,14H2,1-3H3/b10-8+. The molecular weight excluding hydrogens is 404 g/mol. The molecule has 1 aromatic carbocycles. The molecule has 0 aromatic heterocycles. The van der Waals surface area contributed by atoms with Crippen LogP contribution in [0, 0.1) is 0 Å². The van der Waals surface area contributed by atoms with Crippen LogP contribution in [-0.2, 0) is 19.1 Å². The Balaban J connectivity index is 1.70. The molecule has 9 heteroatoms. The summed E-state index contributed by atoms with van der Waals surface area (Å²) in [6.45, 7) is -0.475. The predicted octanol–water partition coefficient (Wildman–Crippen LogP) is 2.38. The van der Waals surface area contributed by atoms with Gasteiger partial charge in [0.1, 0.15) is 12.1 Å². The third-order valence-corrected chi connectivity index (χ3v) is 5.80. The number of carbonyl (C=O) groups is 4. The lowest BCUT2D eigenvalue weighted by atomic mass is 9.81. The number of urea groups is 1. The average molecular weight is 430 g/mol. The summed E-state index contributed by atoms with van der Waals surface area (Å²) < 4.78 is 15.2. The molecule has 3 rings (SSSR count). The fraction of sp³-hybridized carbons (Fsp3) is 0.455. The van der Waals surface area contributed by atoms with E-state index < -0.39 is 30.1 Å². The van der Waals surface area contributed by atoms with Crippen LogP contribution in [0.5, 0.6) is 11.5 Å². The van der Waals surface area contributed by atoms with Gasteiger partial charge in [0.05, 0.1) is 14.2 Å². The van der Waals surface area contributed by atoms with Crippen molar-refractivity contribution in [1.82, 2.24) is 9.80 Å². The first-order valence-electron chi connectivity index (χ1n) is 10.1. The van der Waals surface area contributed by atoms with Crippen LogP contribution in [0.3, 0.4) is 0 Å². The maximum atomic E-state index is 13.0. The van der Waals surface area contributed by atoms with E-state index in [0.29, 0.717) is 18.4 Å². The zero-order chi connectivity index (χ0) is 22.6. The highest BCUT2D eigenvalue weighted by atomic mass is 16.6.